The number of hydrogen-bond donors (Lipinski definition) is 2. The first-order chi connectivity index (χ1) is 14.7. The second-order valence-corrected chi connectivity index (χ2v) is 9.06. The van der Waals surface area contributed by atoms with E-state index < -0.39 is 0 Å². The lowest BCUT2D eigenvalue weighted by Crippen LogP contribution is -2.46. The first-order valence-corrected chi connectivity index (χ1v) is 11.9. The van der Waals surface area contributed by atoms with Gasteiger partial charge in [-0.05, 0) is 50.4 Å². The largest absolute Gasteiger partial charge is 0.338 e. The highest BCUT2D eigenvalue weighted by Crippen LogP contribution is 2.11. The molecule has 2 heterocycles. The molecule has 2 aliphatic rings. The first kappa shape index (κ1) is 23.0. The molecule has 0 aliphatic carbocycles. The van der Waals surface area contributed by atoms with Crippen LogP contribution in [0.3, 0.4) is 0 Å². The summed E-state index contributed by atoms with van der Waals surface area (Å²) >= 11 is 0. The molecule has 30 heavy (non-hydrogen) atoms. The summed E-state index contributed by atoms with van der Waals surface area (Å²) in [5.41, 5.74) is 1.39. The average Bonchev–Trinajstić information content (AvgIpc) is 2.78. The van der Waals surface area contributed by atoms with Crippen LogP contribution in [0.5, 0.6) is 0 Å². The quantitative estimate of drug-likeness (QED) is 0.577. The number of hydrogen-bond acceptors (Lipinski definition) is 4. The summed E-state index contributed by atoms with van der Waals surface area (Å²) in [4.78, 5) is 19.6. The van der Waals surface area contributed by atoms with Gasteiger partial charge >= 0.3 is 6.03 Å². The van der Waals surface area contributed by atoms with Crippen molar-refractivity contribution in [3.63, 3.8) is 0 Å². The summed E-state index contributed by atoms with van der Waals surface area (Å²) < 4.78 is 0. The van der Waals surface area contributed by atoms with Gasteiger partial charge in [0, 0.05) is 52.4 Å². The number of nitrogens with one attached hydrogen (secondary N) is 2. The third kappa shape index (κ3) is 8.62. The molecule has 3 rings (SSSR count). The van der Waals surface area contributed by atoms with Gasteiger partial charge in [0.15, 0.2) is 0 Å². The minimum atomic E-state index is -0.0202. The van der Waals surface area contributed by atoms with E-state index in [2.05, 4.69) is 62.6 Å². The van der Waals surface area contributed by atoms with Crippen LogP contribution < -0.4 is 10.6 Å². The molecule has 0 bridgehead atoms. The highest BCUT2D eigenvalue weighted by atomic mass is 16.2. The predicted molar refractivity (Wildman–Crippen MR) is 124 cm³/mol. The molecule has 2 N–H and O–H groups in total. The van der Waals surface area contributed by atoms with E-state index in [1.54, 1.807) is 0 Å². The maximum Gasteiger partial charge on any atom is 0.314 e. The van der Waals surface area contributed by atoms with Crippen LogP contribution in [0.4, 0.5) is 4.79 Å². The Labute approximate surface area is 183 Å². The monoisotopic (exact) mass is 415 g/mol. The van der Waals surface area contributed by atoms with Crippen molar-refractivity contribution in [2.45, 2.75) is 39.2 Å². The number of urea groups is 1. The summed E-state index contributed by atoms with van der Waals surface area (Å²) in [6.07, 6.45) is 5.02. The van der Waals surface area contributed by atoms with Gasteiger partial charge in [-0.1, -0.05) is 43.7 Å². The number of nitrogens with zero attached hydrogens (tertiary/aromatic N) is 3. The van der Waals surface area contributed by atoms with Crippen LogP contribution in [0.1, 0.15) is 38.2 Å². The van der Waals surface area contributed by atoms with E-state index in [1.165, 1.54) is 37.9 Å². The Morgan fingerprint density at radius 1 is 0.900 bits per heavy atom. The van der Waals surface area contributed by atoms with Gasteiger partial charge in [-0.25, -0.2) is 4.79 Å². The fourth-order valence-corrected chi connectivity index (χ4v) is 4.49. The van der Waals surface area contributed by atoms with Gasteiger partial charge in [0.2, 0.25) is 0 Å². The number of benzene rings is 1. The predicted octanol–water partition coefficient (Wildman–Crippen LogP) is 2.62. The molecule has 6 heteroatoms. The lowest BCUT2D eigenvalue weighted by atomic mass is 10.1. The Morgan fingerprint density at radius 2 is 1.60 bits per heavy atom. The van der Waals surface area contributed by atoms with Crippen molar-refractivity contribution in [1.82, 2.24) is 25.3 Å². The molecular formula is C24H41N5O. The summed E-state index contributed by atoms with van der Waals surface area (Å²) in [7, 11) is 0. The molecule has 0 radical (unpaired) electrons. The van der Waals surface area contributed by atoms with Crippen LogP contribution >= 0.6 is 0 Å². The molecule has 1 unspecified atom stereocenters. The van der Waals surface area contributed by atoms with Crippen LogP contribution in [-0.2, 0) is 6.54 Å². The minimum absolute atomic E-state index is 0.0202. The minimum Gasteiger partial charge on any atom is -0.338 e. The molecule has 0 aromatic heterocycles. The molecule has 6 nitrogen and oxygen atoms in total. The maximum absolute atomic E-state index is 12.1. The zero-order valence-corrected chi connectivity index (χ0v) is 18.8. The van der Waals surface area contributed by atoms with E-state index in [4.69, 9.17) is 0 Å². The number of piperazine rings is 1. The number of carbonyl (C=O) groups excluding carboxylic acids is 1. The Morgan fingerprint density at radius 3 is 2.33 bits per heavy atom. The van der Waals surface area contributed by atoms with E-state index in [-0.39, 0.29) is 6.03 Å². The van der Waals surface area contributed by atoms with Gasteiger partial charge in [0.05, 0.1) is 0 Å². The van der Waals surface area contributed by atoms with Gasteiger partial charge in [-0.2, -0.15) is 0 Å². The van der Waals surface area contributed by atoms with Crippen molar-refractivity contribution in [1.29, 1.82) is 0 Å². The van der Waals surface area contributed by atoms with Crippen molar-refractivity contribution in [3.8, 4) is 0 Å². The third-order valence-electron chi connectivity index (χ3n) is 6.28. The fraction of sp³-hybridized carbons (Fsp3) is 0.708. The van der Waals surface area contributed by atoms with Crippen molar-refractivity contribution >= 4 is 6.03 Å². The lowest BCUT2D eigenvalue weighted by molar-refractivity contribution is 0.126. The normalized spacial score (nSPS) is 20.0. The van der Waals surface area contributed by atoms with Crippen molar-refractivity contribution in [3.05, 3.63) is 35.9 Å². The number of carbonyl (C=O) groups is 1. The molecule has 2 fully saturated rings. The topological polar surface area (TPSA) is 50.9 Å². The molecule has 1 aromatic rings. The molecule has 1 aromatic carbocycles. The van der Waals surface area contributed by atoms with Crippen LogP contribution in [0.25, 0.3) is 0 Å². The van der Waals surface area contributed by atoms with Crippen molar-refractivity contribution in [2.75, 3.05) is 65.4 Å². The standard InChI is InChI=1S/C24H41N5O/c1-22(20-28-12-6-3-7-13-28)19-26-24(30)25-11-8-14-27-15-17-29(18-16-27)21-23-9-4-2-5-10-23/h2,4-5,9-10,22H,3,6-8,11-21H2,1H3,(H2,25,26,30). The Kier molecular flexibility index (Phi) is 9.93. The molecule has 2 saturated heterocycles. The number of amides is 2. The lowest BCUT2D eigenvalue weighted by Gasteiger charge is -2.34. The number of likely N-dealkylation sites (tertiary alicyclic amines) is 1. The molecule has 0 saturated carbocycles. The summed E-state index contributed by atoms with van der Waals surface area (Å²) in [5.74, 6) is 0.501. The SMILES string of the molecule is CC(CNC(=O)NCCCN1CCN(Cc2ccccc2)CC1)CN1CCCCC1. The molecule has 2 amide bonds. The maximum atomic E-state index is 12.1. The number of piperidine rings is 1. The van der Waals surface area contributed by atoms with Gasteiger partial charge in [-0.3, -0.25) is 4.90 Å². The third-order valence-corrected chi connectivity index (χ3v) is 6.28. The van der Waals surface area contributed by atoms with Gasteiger partial charge in [-0.15, -0.1) is 0 Å². The molecule has 2 aliphatic heterocycles. The van der Waals surface area contributed by atoms with Gasteiger partial charge < -0.3 is 20.4 Å². The Hall–Kier alpha value is -1.63. The van der Waals surface area contributed by atoms with Crippen LogP contribution in [0.2, 0.25) is 0 Å². The van der Waals surface area contributed by atoms with Crippen molar-refractivity contribution in [2.24, 2.45) is 5.92 Å². The first-order valence-electron chi connectivity index (χ1n) is 11.9. The van der Waals surface area contributed by atoms with Crippen LogP contribution in [0.15, 0.2) is 30.3 Å². The molecule has 168 valence electrons. The number of rotatable bonds is 10. The second-order valence-electron chi connectivity index (χ2n) is 9.06. The van der Waals surface area contributed by atoms with Crippen LogP contribution in [0, 0.1) is 5.92 Å². The summed E-state index contributed by atoms with van der Waals surface area (Å²) in [6, 6.07) is 10.7. The van der Waals surface area contributed by atoms with E-state index in [0.29, 0.717) is 5.92 Å². The van der Waals surface area contributed by atoms with E-state index in [9.17, 15) is 4.79 Å². The Balaban J connectivity index is 1.18. The van der Waals surface area contributed by atoms with E-state index >= 15 is 0 Å². The van der Waals surface area contributed by atoms with Crippen molar-refractivity contribution < 1.29 is 4.79 Å². The van der Waals surface area contributed by atoms with Gasteiger partial charge in [0.1, 0.15) is 0 Å². The zero-order chi connectivity index (χ0) is 21.0. The Bertz CT molecular complexity index is 597. The van der Waals surface area contributed by atoms with E-state index in [1.807, 2.05) is 0 Å². The highest BCUT2D eigenvalue weighted by Gasteiger charge is 2.17. The summed E-state index contributed by atoms with van der Waals surface area (Å²) in [6.45, 7) is 13.9. The van der Waals surface area contributed by atoms with Crippen LogP contribution in [-0.4, -0.2) is 86.2 Å². The average molecular weight is 416 g/mol. The molecular weight excluding hydrogens is 374 g/mol. The van der Waals surface area contributed by atoms with E-state index in [0.717, 1.165) is 65.3 Å². The van der Waals surface area contributed by atoms with Gasteiger partial charge in [0.25, 0.3) is 0 Å². The molecule has 0 spiro atoms. The zero-order valence-electron chi connectivity index (χ0n) is 18.8. The smallest absolute Gasteiger partial charge is 0.314 e. The second kappa shape index (κ2) is 12.9. The fourth-order valence-electron chi connectivity index (χ4n) is 4.49. The summed E-state index contributed by atoms with van der Waals surface area (Å²) in [5, 5.41) is 6.06. The highest BCUT2D eigenvalue weighted by molar-refractivity contribution is 5.73. The molecule has 1 atom stereocenters.